The fourth-order valence-electron chi connectivity index (χ4n) is 2.05. The second-order valence-corrected chi connectivity index (χ2v) is 5.65. The number of halogens is 1. The molecule has 108 valence electrons. The minimum absolute atomic E-state index is 0.0180. The first-order valence-electron chi connectivity index (χ1n) is 6.62. The van der Waals surface area contributed by atoms with Gasteiger partial charge < -0.3 is 9.73 Å². The molecule has 2 heterocycles. The highest BCUT2D eigenvalue weighted by molar-refractivity contribution is 9.10. The second kappa shape index (κ2) is 5.73. The van der Waals surface area contributed by atoms with E-state index in [0.29, 0.717) is 5.89 Å². The predicted octanol–water partition coefficient (Wildman–Crippen LogP) is 4.10. The number of hydrogen-bond donors (Lipinski definition) is 1. The summed E-state index contributed by atoms with van der Waals surface area (Å²) in [7, 11) is 0. The van der Waals surface area contributed by atoms with Crippen LogP contribution in [-0.4, -0.2) is 14.8 Å². The first kappa shape index (κ1) is 13.9. The Morgan fingerprint density at radius 2 is 2.10 bits per heavy atom. The van der Waals surface area contributed by atoms with Gasteiger partial charge >= 0.3 is 0 Å². The number of para-hydroxylation sites is 1. The van der Waals surface area contributed by atoms with E-state index in [4.69, 9.17) is 4.42 Å². The Balaban J connectivity index is 1.78. The summed E-state index contributed by atoms with van der Waals surface area (Å²) < 4.78 is 8.34. The van der Waals surface area contributed by atoms with E-state index in [9.17, 15) is 0 Å². The molecule has 0 aliphatic carbocycles. The average Bonchev–Trinajstić information content (AvgIpc) is 3.08. The topological polar surface area (TPSA) is 55.9 Å². The zero-order valence-electron chi connectivity index (χ0n) is 11.7. The Labute approximate surface area is 131 Å². The summed E-state index contributed by atoms with van der Waals surface area (Å²) in [5.74, 6) is 1.48. The average molecular weight is 347 g/mol. The van der Waals surface area contributed by atoms with E-state index in [1.54, 1.807) is 12.4 Å². The van der Waals surface area contributed by atoms with Crippen LogP contribution in [-0.2, 0) is 0 Å². The smallest absolute Gasteiger partial charge is 0.216 e. The van der Waals surface area contributed by atoms with E-state index in [0.717, 1.165) is 21.6 Å². The van der Waals surface area contributed by atoms with Crippen LogP contribution < -0.4 is 5.32 Å². The molecule has 3 aromatic rings. The van der Waals surface area contributed by atoms with Gasteiger partial charge in [-0.3, -0.25) is 0 Å². The summed E-state index contributed by atoms with van der Waals surface area (Å²) in [6, 6.07) is 7.93. The van der Waals surface area contributed by atoms with E-state index in [1.807, 2.05) is 49.0 Å². The Morgan fingerprint density at radius 1 is 1.29 bits per heavy atom. The minimum Gasteiger partial charge on any atom is -0.444 e. The number of benzene rings is 1. The highest BCUT2D eigenvalue weighted by Crippen LogP contribution is 2.23. The van der Waals surface area contributed by atoms with E-state index in [1.165, 1.54) is 0 Å². The van der Waals surface area contributed by atoms with Crippen LogP contribution in [0, 0.1) is 6.92 Å². The third-order valence-electron chi connectivity index (χ3n) is 3.07. The zero-order valence-corrected chi connectivity index (χ0v) is 13.3. The number of nitrogens with one attached hydrogen (secondary N) is 1. The molecule has 3 rings (SSSR count). The van der Waals surface area contributed by atoms with Crippen LogP contribution in [0.3, 0.4) is 0 Å². The molecular formula is C15H15BrN4O. The van der Waals surface area contributed by atoms with Gasteiger partial charge in [-0.15, -0.1) is 0 Å². The molecule has 0 spiro atoms. The van der Waals surface area contributed by atoms with Gasteiger partial charge in [0.05, 0.1) is 30.0 Å². The Kier molecular flexibility index (Phi) is 3.79. The molecule has 0 saturated carbocycles. The first-order chi connectivity index (χ1) is 10.1. The van der Waals surface area contributed by atoms with Gasteiger partial charge in [0.1, 0.15) is 11.8 Å². The van der Waals surface area contributed by atoms with Crippen molar-refractivity contribution in [2.75, 3.05) is 5.32 Å². The lowest BCUT2D eigenvalue weighted by Gasteiger charge is -2.09. The number of anilines is 1. The lowest BCUT2D eigenvalue weighted by molar-refractivity contribution is 0.454. The van der Waals surface area contributed by atoms with Crippen molar-refractivity contribution < 1.29 is 4.42 Å². The summed E-state index contributed by atoms with van der Waals surface area (Å²) in [6.07, 6.45) is 5.44. The molecule has 6 heteroatoms. The molecule has 5 nitrogen and oxygen atoms in total. The number of aryl methyl sites for hydroxylation is 1. The van der Waals surface area contributed by atoms with Crippen LogP contribution in [0.5, 0.6) is 0 Å². The highest BCUT2D eigenvalue weighted by atomic mass is 79.9. The third-order valence-corrected chi connectivity index (χ3v) is 3.75. The van der Waals surface area contributed by atoms with Crippen molar-refractivity contribution in [1.29, 1.82) is 0 Å². The van der Waals surface area contributed by atoms with Crippen molar-refractivity contribution in [3.05, 3.63) is 59.0 Å². The van der Waals surface area contributed by atoms with Crippen molar-refractivity contribution in [2.45, 2.75) is 19.9 Å². The number of aromatic nitrogens is 3. The maximum atomic E-state index is 5.52. The molecule has 0 fully saturated rings. The number of rotatable bonds is 4. The molecule has 0 aliphatic heterocycles. The van der Waals surface area contributed by atoms with Crippen molar-refractivity contribution in [1.82, 2.24) is 14.8 Å². The van der Waals surface area contributed by atoms with Crippen molar-refractivity contribution in [3.8, 4) is 5.69 Å². The zero-order chi connectivity index (χ0) is 14.8. The molecule has 21 heavy (non-hydrogen) atoms. The molecule has 2 aromatic heterocycles. The monoisotopic (exact) mass is 346 g/mol. The predicted molar refractivity (Wildman–Crippen MR) is 84.5 cm³/mol. The maximum absolute atomic E-state index is 5.52. The normalized spacial score (nSPS) is 12.3. The molecule has 1 aromatic carbocycles. The van der Waals surface area contributed by atoms with Gasteiger partial charge in [0.2, 0.25) is 5.89 Å². The van der Waals surface area contributed by atoms with Crippen molar-refractivity contribution >= 4 is 21.6 Å². The third kappa shape index (κ3) is 3.00. The lowest BCUT2D eigenvalue weighted by atomic mass is 10.3. The van der Waals surface area contributed by atoms with Gasteiger partial charge in [0.25, 0.3) is 0 Å². The molecule has 0 amide bonds. The van der Waals surface area contributed by atoms with Crippen LogP contribution in [0.2, 0.25) is 0 Å². The molecule has 0 unspecified atom stereocenters. The van der Waals surface area contributed by atoms with Gasteiger partial charge in [-0.05, 0) is 41.9 Å². The number of hydrogen-bond acceptors (Lipinski definition) is 4. The van der Waals surface area contributed by atoms with Crippen molar-refractivity contribution in [2.24, 2.45) is 0 Å². The molecule has 1 N–H and O–H groups in total. The van der Waals surface area contributed by atoms with Crippen LogP contribution >= 0.6 is 15.9 Å². The van der Waals surface area contributed by atoms with Gasteiger partial charge in [0, 0.05) is 4.47 Å². The Morgan fingerprint density at radius 3 is 2.81 bits per heavy atom. The first-order valence-corrected chi connectivity index (χ1v) is 7.41. The molecule has 0 radical (unpaired) electrons. The SMILES string of the molecule is Cc1cnc([C@H](C)Nc2cnn(-c3ccccc3Br)c2)o1. The highest BCUT2D eigenvalue weighted by Gasteiger charge is 2.12. The molecular weight excluding hydrogens is 332 g/mol. The van der Waals surface area contributed by atoms with E-state index < -0.39 is 0 Å². The van der Waals surface area contributed by atoms with Gasteiger partial charge in [0.15, 0.2) is 0 Å². The molecule has 0 aliphatic rings. The maximum Gasteiger partial charge on any atom is 0.216 e. The van der Waals surface area contributed by atoms with Crippen LogP contribution in [0.25, 0.3) is 5.69 Å². The minimum atomic E-state index is -0.0180. The summed E-state index contributed by atoms with van der Waals surface area (Å²) >= 11 is 3.53. The van der Waals surface area contributed by atoms with Gasteiger partial charge in [-0.1, -0.05) is 12.1 Å². The van der Waals surface area contributed by atoms with Gasteiger partial charge in [-0.2, -0.15) is 5.10 Å². The van der Waals surface area contributed by atoms with E-state index in [2.05, 4.69) is 31.3 Å². The van der Waals surface area contributed by atoms with Gasteiger partial charge in [-0.25, -0.2) is 9.67 Å². The Hall–Kier alpha value is -2.08. The van der Waals surface area contributed by atoms with Crippen LogP contribution in [0.1, 0.15) is 24.6 Å². The van der Waals surface area contributed by atoms with Crippen LogP contribution in [0.4, 0.5) is 5.69 Å². The van der Waals surface area contributed by atoms with E-state index >= 15 is 0 Å². The quantitative estimate of drug-likeness (QED) is 0.772. The second-order valence-electron chi connectivity index (χ2n) is 4.80. The van der Waals surface area contributed by atoms with Crippen LogP contribution in [0.15, 0.2) is 51.7 Å². The standard InChI is InChI=1S/C15H15BrN4O/c1-10-7-17-15(21-10)11(2)19-12-8-18-20(9-12)14-6-4-3-5-13(14)16/h3-9,11,19H,1-2H3/t11-/m0/s1. The largest absolute Gasteiger partial charge is 0.444 e. The fraction of sp³-hybridized carbons (Fsp3) is 0.200. The fourth-order valence-corrected chi connectivity index (χ4v) is 2.52. The number of oxazole rings is 1. The summed E-state index contributed by atoms with van der Waals surface area (Å²) in [6.45, 7) is 3.88. The Bertz CT molecular complexity index is 749. The molecule has 0 saturated heterocycles. The number of nitrogens with zero attached hydrogens (tertiary/aromatic N) is 3. The summed E-state index contributed by atoms with van der Waals surface area (Å²) in [5, 5.41) is 7.70. The lowest BCUT2D eigenvalue weighted by Crippen LogP contribution is -2.06. The van der Waals surface area contributed by atoms with Crippen molar-refractivity contribution in [3.63, 3.8) is 0 Å². The molecule has 0 bridgehead atoms. The summed E-state index contributed by atoms with van der Waals surface area (Å²) in [5.41, 5.74) is 1.90. The molecule has 1 atom stereocenters. The van der Waals surface area contributed by atoms with E-state index in [-0.39, 0.29) is 6.04 Å². The summed E-state index contributed by atoms with van der Waals surface area (Å²) in [4.78, 5) is 4.23.